The maximum Gasteiger partial charge on any atom is 0.303 e. The van der Waals surface area contributed by atoms with Crippen LogP contribution in [0.15, 0.2) is 0 Å². The highest BCUT2D eigenvalue weighted by Gasteiger charge is 1.97. The molecule has 44 heavy (non-hydrogen) atoms. The molecule has 10 N–H and O–H groups in total. The third-order valence-electron chi connectivity index (χ3n) is 4.84. The summed E-state index contributed by atoms with van der Waals surface area (Å²) in [6, 6.07) is 0. The molecule has 0 atom stereocenters. The largest absolute Gasteiger partial charge is 0.481 e. The Morgan fingerprint density at radius 1 is 0.432 bits per heavy atom. The molecule has 14 heteroatoms. The smallest absolute Gasteiger partial charge is 0.303 e. The van der Waals surface area contributed by atoms with Crippen LogP contribution in [0.5, 0.6) is 0 Å². The van der Waals surface area contributed by atoms with Crippen molar-refractivity contribution < 1.29 is 70.2 Å². The van der Waals surface area contributed by atoms with Crippen LogP contribution in [0, 0.1) is 0 Å². The predicted molar refractivity (Wildman–Crippen MR) is 167 cm³/mol. The van der Waals surface area contributed by atoms with Crippen molar-refractivity contribution in [2.24, 2.45) is 0 Å². The van der Waals surface area contributed by atoms with E-state index in [0.29, 0.717) is 6.42 Å². The van der Waals surface area contributed by atoms with E-state index in [1.807, 2.05) is 0 Å². The first kappa shape index (κ1) is 54.1. The first-order chi connectivity index (χ1) is 20.6. The molecule has 0 bridgehead atoms. The highest BCUT2D eigenvalue weighted by molar-refractivity contribution is 5.66. The Kier molecular flexibility index (Phi) is 61.9. The van der Waals surface area contributed by atoms with Crippen molar-refractivity contribution >= 4 is 23.9 Å². The number of aliphatic carboxylic acids is 4. The van der Waals surface area contributed by atoms with Crippen LogP contribution in [-0.4, -0.2) is 114 Å². The molecule has 0 spiro atoms. The van der Waals surface area contributed by atoms with E-state index < -0.39 is 36.1 Å². The van der Waals surface area contributed by atoms with Gasteiger partial charge in [-0.1, -0.05) is 96.8 Å². The van der Waals surface area contributed by atoms with Gasteiger partial charge in [-0.05, 0) is 6.42 Å². The molecule has 14 nitrogen and oxygen atoms in total. The van der Waals surface area contributed by atoms with Gasteiger partial charge in [-0.25, -0.2) is 0 Å². The fourth-order valence-corrected chi connectivity index (χ4v) is 2.76. The van der Waals surface area contributed by atoms with Crippen LogP contribution in [0.25, 0.3) is 0 Å². The van der Waals surface area contributed by atoms with Gasteiger partial charge in [0.2, 0.25) is 0 Å². The van der Waals surface area contributed by atoms with Crippen LogP contribution in [0.3, 0.4) is 0 Å². The molecule has 0 aliphatic heterocycles. The monoisotopic (exact) mass is 648 g/mol. The Morgan fingerprint density at radius 3 is 0.750 bits per heavy atom. The lowest BCUT2D eigenvalue weighted by atomic mass is 10.0. The molecular formula is C30H64O14. The van der Waals surface area contributed by atoms with Crippen molar-refractivity contribution in [2.75, 3.05) is 26.4 Å². The average molecular weight is 649 g/mol. The number of aliphatic hydroxyl groups excluding tert-OH is 6. The molecule has 0 aliphatic carbocycles. The Hall–Kier alpha value is -2.36. The Bertz CT molecular complexity index is 530. The zero-order valence-corrected chi connectivity index (χ0v) is 27.4. The summed E-state index contributed by atoms with van der Waals surface area (Å²) in [5, 5.41) is 78.8. The van der Waals surface area contributed by atoms with E-state index in [9.17, 15) is 4.79 Å². The van der Waals surface area contributed by atoms with E-state index in [-0.39, 0.29) is 26.4 Å². The summed E-state index contributed by atoms with van der Waals surface area (Å²) in [7, 11) is 0. The fraction of sp³-hybridized carbons (Fsp3) is 0.867. The molecule has 0 aromatic carbocycles. The zero-order valence-electron chi connectivity index (χ0n) is 27.4. The molecule has 0 fully saturated rings. The maximum atomic E-state index is 10.3. The third-order valence-corrected chi connectivity index (χ3v) is 4.84. The quantitative estimate of drug-likeness (QED) is 0.0849. The van der Waals surface area contributed by atoms with E-state index in [1.54, 1.807) is 0 Å². The standard InChI is InChI=1S/C18H36O2.2C3H8O3.3C2H4O2/c1-2-3-4-5-6-7-8-9-10-11-12-13-14-15-16-17-18(19)20;2*4-1-3(6)2-5;3*1-2(3)4/h2-17H2,1H3,(H,19,20);2*3-6H,1-2H2;3*1H3,(H,3,4). The van der Waals surface area contributed by atoms with Gasteiger partial charge in [0.1, 0.15) is 12.2 Å². The third kappa shape index (κ3) is 115. The first-order valence-electron chi connectivity index (χ1n) is 15.2. The molecule has 0 heterocycles. The number of carboxylic acid groups (broad SMARTS) is 4. The average Bonchev–Trinajstić information content (AvgIpc) is 2.93. The van der Waals surface area contributed by atoms with E-state index in [4.69, 9.17) is 65.4 Å². The normalized spacial score (nSPS) is 9.36. The van der Waals surface area contributed by atoms with Crippen molar-refractivity contribution in [3.8, 4) is 0 Å². The zero-order chi connectivity index (χ0) is 35.6. The maximum absolute atomic E-state index is 10.3. The van der Waals surface area contributed by atoms with Crippen LogP contribution in [0.1, 0.15) is 130 Å². The molecular weight excluding hydrogens is 584 g/mol. The lowest BCUT2D eigenvalue weighted by molar-refractivity contribution is -0.137. The summed E-state index contributed by atoms with van der Waals surface area (Å²) >= 11 is 0. The number of hydrogen-bond acceptors (Lipinski definition) is 10. The number of carboxylic acids is 4. The predicted octanol–water partition coefficient (Wildman–Crippen LogP) is 3.27. The fourth-order valence-electron chi connectivity index (χ4n) is 2.76. The second-order valence-corrected chi connectivity index (χ2v) is 9.69. The van der Waals surface area contributed by atoms with E-state index >= 15 is 0 Å². The van der Waals surface area contributed by atoms with Crippen molar-refractivity contribution in [3.05, 3.63) is 0 Å². The molecule has 0 aromatic heterocycles. The lowest BCUT2D eigenvalue weighted by Crippen LogP contribution is -2.15. The molecule has 0 aliphatic rings. The molecule has 0 unspecified atom stereocenters. The summed E-state index contributed by atoms with van der Waals surface area (Å²) < 4.78 is 0. The number of aliphatic hydroxyl groups is 6. The Morgan fingerprint density at radius 2 is 0.614 bits per heavy atom. The summed E-state index contributed by atoms with van der Waals surface area (Å²) in [6.45, 7) is 4.06. The summed E-state index contributed by atoms with van der Waals surface area (Å²) in [4.78, 5) is 37.3. The minimum atomic E-state index is -0.954. The van der Waals surface area contributed by atoms with Crippen molar-refractivity contribution in [2.45, 2.75) is 143 Å². The molecule has 268 valence electrons. The highest BCUT2D eigenvalue weighted by atomic mass is 16.4. The van der Waals surface area contributed by atoms with Crippen LogP contribution in [0.4, 0.5) is 0 Å². The van der Waals surface area contributed by atoms with Crippen molar-refractivity contribution in [1.82, 2.24) is 0 Å². The number of hydrogen-bond donors (Lipinski definition) is 10. The molecule has 0 amide bonds. The summed E-state index contributed by atoms with van der Waals surface area (Å²) in [6.07, 6.45) is 18.3. The summed E-state index contributed by atoms with van der Waals surface area (Å²) in [5.74, 6) is -3.15. The summed E-state index contributed by atoms with van der Waals surface area (Å²) in [5.41, 5.74) is 0. The van der Waals surface area contributed by atoms with Crippen LogP contribution in [-0.2, 0) is 19.2 Å². The second kappa shape index (κ2) is 50.3. The SMILES string of the molecule is CC(=O)O.CC(=O)O.CC(=O)O.CCCCCCCCCCCCCCCCCC(=O)O.OCC(O)CO.OCC(O)CO. The van der Waals surface area contributed by atoms with Gasteiger partial charge in [0.25, 0.3) is 17.9 Å². The number of rotatable bonds is 20. The second-order valence-electron chi connectivity index (χ2n) is 9.69. The van der Waals surface area contributed by atoms with Crippen LogP contribution < -0.4 is 0 Å². The van der Waals surface area contributed by atoms with E-state index in [2.05, 4.69) is 6.92 Å². The molecule has 0 radical (unpaired) electrons. The van der Waals surface area contributed by atoms with Gasteiger partial charge in [-0.3, -0.25) is 19.2 Å². The van der Waals surface area contributed by atoms with Crippen molar-refractivity contribution in [1.29, 1.82) is 0 Å². The molecule has 0 rings (SSSR count). The molecule has 0 aromatic rings. The number of unbranched alkanes of at least 4 members (excludes halogenated alkanes) is 14. The lowest BCUT2D eigenvalue weighted by Gasteiger charge is -2.03. The van der Waals surface area contributed by atoms with Crippen LogP contribution >= 0.6 is 0 Å². The topological polar surface area (TPSA) is 271 Å². The Labute approximate surface area is 263 Å². The minimum Gasteiger partial charge on any atom is -0.481 e. The Balaban J connectivity index is -0.000000122. The first-order valence-corrected chi connectivity index (χ1v) is 15.2. The van der Waals surface area contributed by atoms with Crippen LogP contribution in [0.2, 0.25) is 0 Å². The van der Waals surface area contributed by atoms with Gasteiger partial charge in [0, 0.05) is 27.2 Å². The van der Waals surface area contributed by atoms with E-state index in [1.165, 1.54) is 83.5 Å². The molecule has 0 saturated carbocycles. The van der Waals surface area contributed by atoms with Crippen molar-refractivity contribution in [3.63, 3.8) is 0 Å². The number of carbonyl (C=O) groups is 4. The van der Waals surface area contributed by atoms with Gasteiger partial charge in [-0.15, -0.1) is 0 Å². The van der Waals surface area contributed by atoms with Gasteiger partial charge in [0.15, 0.2) is 0 Å². The van der Waals surface area contributed by atoms with Gasteiger partial charge < -0.3 is 51.1 Å². The van der Waals surface area contributed by atoms with E-state index in [0.717, 1.165) is 33.6 Å². The van der Waals surface area contributed by atoms with Gasteiger partial charge in [0.05, 0.1) is 26.4 Å². The minimum absolute atomic E-state index is 0.345. The van der Waals surface area contributed by atoms with Gasteiger partial charge in [-0.2, -0.15) is 0 Å². The molecule has 0 saturated heterocycles. The van der Waals surface area contributed by atoms with Gasteiger partial charge >= 0.3 is 5.97 Å². The highest BCUT2D eigenvalue weighted by Crippen LogP contribution is 2.13.